The molecule has 0 saturated carbocycles. The third-order valence-corrected chi connectivity index (χ3v) is 7.61. The van der Waals surface area contributed by atoms with E-state index < -0.39 is 0 Å². The van der Waals surface area contributed by atoms with Crippen LogP contribution in [0.4, 0.5) is 11.4 Å². The van der Waals surface area contributed by atoms with Gasteiger partial charge in [-0.05, 0) is 86.6 Å². The van der Waals surface area contributed by atoms with Crippen LogP contribution in [0.25, 0.3) is 17.0 Å². The molecule has 1 amide bonds. The van der Waals surface area contributed by atoms with Crippen molar-refractivity contribution in [2.45, 2.75) is 20.8 Å². The number of benzene rings is 3. The second-order valence-corrected chi connectivity index (χ2v) is 10.3. The van der Waals surface area contributed by atoms with E-state index in [0.717, 1.165) is 28.3 Å². The highest BCUT2D eigenvalue weighted by Gasteiger charge is 2.35. The summed E-state index contributed by atoms with van der Waals surface area (Å²) >= 11 is 1.34. The molecule has 1 saturated heterocycles. The fourth-order valence-electron chi connectivity index (χ4n) is 4.81. The van der Waals surface area contributed by atoms with Crippen LogP contribution in [0.5, 0.6) is 0 Å². The second-order valence-electron chi connectivity index (χ2n) is 9.25. The Labute approximate surface area is 229 Å². The normalized spacial score (nSPS) is 15.7. The summed E-state index contributed by atoms with van der Waals surface area (Å²) in [5.74, 6) is 0.435. The Morgan fingerprint density at radius 1 is 0.821 bits per heavy atom. The number of rotatable bonds is 4. The number of nitrogens with zero attached hydrogens (tertiary/aromatic N) is 5. The summed E-state index contributed by atoms with van der Waals surface area (Å²) in [4.78, 5) is 38.8. The summed E-state index contributed by atoms with van der Waals surface area (Å²) in [6, 6.07) is 28.5. The monoisotopic (exact) mass is 531 g/mol. The van der Waals surface area contributed by atoms with Gasteiger partial charge in [-0.1, -0.05) is 48.5 Å². The highest BCUT2D eigenvalue weighted by molar-refractivity contribution is 8.19. The minimum absolute atomic E-state index is 0.141. The van der Waals surface area contributed by atoms with Crippen molar-refractivity contribution < 1.29 is 4.79 Å². The predicted octanol–water partition coefficient (Wildman–Crippen LogP) is 6.24. The number of hydrogen-bond acceptors (Lipinski definition) is 5. The van der Waals surface area contributed by atoms with E-state index in [1.54, 1.807) is 15.6 Å². The summed E-state index contributed by atoms with van der Waals surface area (Å²) in [5.41, 5.74) is 4.58. The molecule has 3 aromatic carbocycles. The topological polar surface area (TPSA) is 72.5 Å². The van der Waals surface area contributed by atoms with Crippen molar-refractivity contribution in [1.29, 1.82) is 0 Å². The van der Waals surface area contributed by atoms with Gasteiger partial charge in [0.2, 0.25) is 0 Å². The lowest BCUT2D eigenvalue weighted by atomic mass is 10.2. The zero-order valence-corrected chi connectivity index (χ0v) is 22.5. The molecule has 1 fully saturated rings. The Kier molecular flexibility index (Phi) is 6.24. The summed E-state index contributed by atoms with van der Waals surface area (Å²) in [6.07, 6.45) is 1.88. The van der Waals surface area contributed by atoms with Crippen LogP contribution >= 0.6 is 11.8 Å². The Balaban J connectivity index is 1.45. The lowest BCUT2D eigenvalue weighted by Gasteiger charge is -2.16. The van der Waals surface area contributed by atoms with Crippen molar-refractivity contribution in [3.63, 3.8) is 0 Å². The molecule has 7 nitrogen and oxygen atoms in total. The number of carbonyl (C=O) groups excluding carboxylic acids is 1. The molecule has 0 radical (unpaired) electrons. The number of thioether (sulfide) groups is 1. The zero-order chi connectivity index (χ0) is 27.1. The number of aromatic nitrogens is 3. The second kappa shape index (κ2) is 9.89. The molecule has 0 aliphatic carbocycles. The van der Waals surface area contributed by atoms with Crippen LogP contribution in [-0.2, 0) is 4.79 Å². The van der Waals surface area contributed by atoms with Gasteiger partial charge in [0.25, 0.3) is 11.5 Å². The first-order chi connectivity index (χ1) is 18.9. The Morgan fingerprint density at radius 3 is 2.23 bits per heavy atom. The van der Waals surface area contributed by atoms with Crippen molar-refractivity contribution in [2.24, 2.45) is 4.99 Å². The van der Waals surface area contributed by atoms with Gasteiger partial charge < -0.3 is 0 Å². The highest BCUT2D eigenvalue weighted by Crippen LogP contribution is 2.37. The van der Waals surface area contributed by atoms with Crippen LogP contribution in [0.15, 0.2) is 106 Å². The van der Waals surface area contributed by atoms with Crippen molar-refractivity contribution >= 4 is 51.2 Å². The number of fused-ring (bicyclic) bond motifs is 1. The van der Waals surface area contributed by atoms with E-state index in [9.17, 15) is 9.59 Å². The van der Waals surface area contributed by atoms with E-state index in [1.807, 2.05) is 116 Å². The molecule has 0 bridgehead atoms. The maximum atomic E-state index is 13.7. The third kappa shape index (κ3) is 4.38. The Morgan fingerprint density at radius 2 is 1.49 bits per heavy atom. The van der Waals surface area contributed by atoms with Gasteiger partial charge in [-0.25, -0.2) is 9.98 Å². The molecular formula is C31H25N5O2S. The van der Waals surface area contributed by atoms with Crippen molar-refractivity contribution in [3.8, 4) is 0 Å². The summed E-state index contributed by atoms with van der Waals surface area (Å²) < 4.78 is 3.46. The summed E-state index contributed by atoms with van der Waals surface area (Å²) in [5, 5.41) is 1.14. The van der Waals surface area contributed by atoms with Crippen molar-refractivity contribution in [2.75, 3.05) is 4.90 Å². The Hall–Kier alpha value is -4.69. The number of aliphatic imine (C=N–C) groups is 1. The average molecular weight is 532 g/mol. The van der Waals surface area contributed by atoms with E-state index >= 15 is 0 Å². The molecule has 1 aliphatic heterocycles. The van der Waals surface area contributed by atoms with Gasteiger partial charge in [-0.2, -0.15) is 4.68 Å². The first kappa shape index (κ1) is 24.6. The standard InChI is InChI=1S/C31H25N5O2S/c1-20-18-23(21(2)35(20)36-22(3)32-27-17-11-10-16-26(27)29(36)37)19-28-30(38)34(25-14-8-5-9-15-25)31(39-28)33-24-12-6-4-7-13-24/h4-19H,1-3H3. The van der Waals surface area contributed by atoms with Gasteiger partial charge in [0.1, 0.15) is 5.82 Å². The minimum atomic E-state index is -0.147. The molecule has 5 aromatic rings. The molecule has 0 atom stereocenters. The van der Waals surface area contributed by atoms with Crippen LogP contribution in [0.2, 0.25) is 0 Å². The number of para-hydroxylation sites is 3. The van der Waals surface area contributed by atoms with Gasteiger partial charge in [-0.3, -0.25) is 19.2 Å². The van der Waals surface area contributed by atoms with E-state index in [-0.39, 0.29) is 11.5 Å². The van der Waals surface area contributed by atoms with Gasteiger partial charge in [0, 0.05) is 11.4 Å². The molecule has 0 N–H and O–H groups in total. The van der Waals surface area contributed by atoms with E-state index in [2.05, 4.69) is 4.98 Å². The van der Waals surface area contributed by atoms with Crippen LogP contribution in [0, 0.1) is 20.8 Å². The molecule has 2 aromatic heterocycles. The molecule has 0 unspecified atom stereocenters. The zero-order valence-electron chi connectivity index (χ0n) is 21.7. The van der Waals surface area contributed by atoms with Gasteiger partial charge in [0.05, 0.1) is 27.2 Å². The van der Waals surface area contributed by atoms with Crippen molar-refractivity contribution in [1.82, 2.24) is 14.3 Å². The minimum Gasteiger partial charge on any atom is -0.268 e. The first-order valence-corrected chi connectivity index (χ1v) is 13.3. The number of anilines is 1. The molecule has 0 spiro atoms. The molecule has 6 rings (SSSR count). The first-order valence-electron chi connectivity index (χ1n) is 12.5. The Bertz CT molecular complexity index is 1850. The summed E-state index contributed by atoms with van der Waals surface area (Å²) in [6.45, 7) is 5.71. The maximum absolute atomic E-state index is 13.7. The average Bonchev–Trinajstić information content (AvgIpc) is 3.39. The van der Waals surface area contributed by atoms with Crippen LogP contribution < -0.4 is 10.5 Å². The van der Waals surface area contributed by atoms with Gasteiger partial charge in [0.15, 0.2) is 5.17 Å². The van der Waals surface area contributed by atoms with Gasteiger partial charge in [-0.15, -0.1) is 0 Å². The molecule has 192 valence electrons. The number of aryl methyl sites for hydroxylation is 2. The molecule has 39 heavy (non-hydrogen) atoms. The lowest BCUT2D eigenvalue weighted by molar-refractivity contribution is -0.113. The number of carbonyl (C=O) groups is 1. The molecule has 8 heteroatoms. The SMILES string of the molecule is Cc1cc(C=C2SC(=Nc3ccccc3)N(c3ccccc3)C2=O)c(C)n1-n1c(C)nc2ccccc2c1=O. The fourth-order valence-corrected chi connectivity index (χ4v) is 5.80. The molecule has 1 aliphatic rings. The summed E-state index contributed by atoms with van der Waals surface area (Å²) in [7, 11) is 0. The van der Waals surface area contributed by atoms with E-state index in [1.165, 1.54) is 11.8 Å². The third-order valence-electron chi connectivity index (χ3n) is 6.64. The molecule has 3 heterocycles. The maximum Gasteiger partial charge on any atom is 0.280 e. The quantitative estimate of drug-likeness (QED) is 0.257. The van der Waals surface area contributed by atoms with E-state index in [4.69, 9.17) is 4.99 Å². The smallest absolute Gasteiger partial charge is 0.268 e. The lowest BCUT2D eigenvalue weighted by Crippen LogP contribution is -2.30. The largest absolute Gasteiger partial charge is 0.280 e. The fraction of sp³-hybridized carbons (Fsp3) is 0.0968. The number of amidine groups is 1. The van der Waals surface area contributed by atoms with Crippen LogP contribution in [-0.4, -0.2) is 25.4 Å². The molecular weight excluding hydrogens is 506 g/mol. The number of hydrogen-bond donors (Lipinski definition) is 0. The van der Waals surface area contributed by atoms with E-state index in [0.29, 0.717) is 26.8 Å². The predicted molar refractivity (Wildman–Crippen MR) is 158 cm³/mol. The van der Waals surface area contributed by atoms with Crippen molar-refractivity contribution in [3.05, 3.63) is 129 Å². The number of amides is 1. The van der Waals surface area contributed by atoms with Crippen LogP contribution in [0.1, 0.15) is 22.8 Å². The van der Waals surface area contributed by atoms with Crippen LogP contribution in [0.3, 0.4) is 0 Å². The highest BCUT2D eigenvalue weighted by atomic mass is 32.2. The van der Waals surface area contributed by atoms with Gasteiger partial charge >= 0.3 is 0 Å².